The maximum atomic E-state index is 14.1. The van der Waals surface area contributed by atoms with E-state index in [4.69, 9.17) is 10.2 Å². The van der Waals surface area contributed by atoms with Gasteiger partial charge in [-0.05, 0) is 37.1 Å². The van der Waals surface area contributed by atoms with Crippen LogP contribution in [0, 0.1) is 5.82 Å². The number of aliphatic carboxylic acids is 1. The van der Waals surface area contributed by atoms with E-state index < -0.39 is 5.97 Å². The molecule has 0 radical (unpaired) electrons. The summed E-state index contributed by atoms with van der Waals surface area (Å²) in [6.45, 7) is 4.31. The Morgan fingerprint density at radius 2 is 2.14 bits per heavy atom. The molecule has 0 amide bonds. The van der Waals surface area contributed by atoms with Gasteiger partial charge >= 0.3 is 5.97 Å². The van der Waals surface area contributed by atoms with E-state index in [0.29, 0.717) is 38.3 Å². The molecule has 0 unspecified atom stereocenters. The summed E-state index contributed by atoms with van der Waals surface area (Å²) in [7, 11) is 0. The number of carboxylic acids is 1. The summed E-state index contributed by atoms with van der Waals surface area (Å²) in [6, 6.07) is 4.90. The van der Waals surface area contributed by atoms with Gasteiger partial charge in [-0.15, -0.1) is 0 Å². The molecule has 22 heavy (non-hydrogen) atoms. The summed E-state index contributed by atoms with van der Waals surface area (Å²) in [4.78, 5) is 12.5. The van der Waals surface area contributed by atoms with E-state index >= 15 is 0 Å². The maximum absolute atomic E-state index is 14.1. The van der Waals surface area contributed by atoms with E-state index in [1.165, 1.54) is 6.07 Å². The highest BCUT2D eigenvalue weighted by Gasteiger charge is 2.13. The lowest BCUT2D eigenvalue weighted by atomic mass is 10.1. The fraction of sp³-hybridized carbons (Fsp3) is 0.562. The van der Waals surface area contributed by atoms with Gasteiger partial charge in [-0.3, -0.25) is 4.79 Å². The van der Waals surface area contributed by atoms with Crippen molar-refractivity contribution in [1.29, 1.82) is 0 Å². The summed E-state index contributed by atoms with van der Waals surface area (Å²) >= 11 is 0. The number of hydrogen-bond donors (Lipinski definition) is 3. The average molecular weight is 312 g/mol. The zero-order valence-electron chi connectivity index (χ0n) is 13.0. The number of hydrogen-bond acceptors (Lipinski definition) is 4. The van der Waals surface area contributed by atoms with Gasteiger partial charge in [0.25, 0.3) is 0 Å². The normalized spacial score (nSPS) is 10.7. The van der Waals surface area contributed by atoms with Gasteiger partial charge in [-0.2, -0.15) is 0 Å². The van der Waals surface area contributed by atoms with Gasteiger partial charge in [0.2, 0.25) is 0 Å². The standard InChI is InChI=1S/C16H25FN2O3/c1-2-8-19(9-6-16(21)22)15-11-13(4-5-14(15)17)12-18-7-3-10-20/h4-5,11,18,20H,2-3,6-10,12H2,1H3,(H,21,22). The van der Waals surface area contributed by atoms with Crippen LogP contribution in [0.3, 0.4) is 0 Å². The summed E-state index contributed by atoms with van der Waals surface area (Å²) in [5, 5.41) is 20.7. The third kappa shape index (κ3) is 6.41. The second-order valence-corrected chi connectivity index (χ2v) is 5.17. The van der Waals surface area contributed by atoms with Crippen molar-refractivity contribution in [2.75, 3.05) is 31.1 Å². The monoisotopic (exact) mass is 312 g/mol. The van der Waals surface area contributed by atoms with Crippen molar-refractivity contribution in [3.63, 3.8) is 0 Å². The topological polar surface area (TPSA) is 72.8 Å². The molecule has 1 aromatic rings. The Morgan fingerprint density at radius 3 is 2.77 bits per heavy atom. The Bertz CT molecular complexity index is 469. The average Bonchev–Trinajstić information content (AvgIpc) is 2.49. The SMILES string of the molecule is CCCN(CCC(=O)O)c1cc(CNCCCO)ccc1F. The highest BCUT2D eigenvalue weighted by molar-refractivity contribution is 5.67. The van der Waals surface area contributed by atoms with Crippen molar-refractivity contribution >= 4 is 11.7 Å². The molecule has 0 fully saturated rings. The molecule has 0 bridgehead atoms. The number of anilines is 1. The van der Waals surface area contributed by atoms with Gasteiger partial charge in [0, 0.05) is 26.2 Å². The van der Waals surface area contributed by atoms with E-state index in [0.717, 1.165) is 12.0 Å². The molecule has 5 nitrogen and oxygen atoms in total. The number of benzene rings is 1. The number of carboxylic acid groups (broad SMARTS) is 1. The molecule has 0 atom stereocenters. The van der Waals surface area contributed by atoms with Crippen LogP contribution in [0.5, 0.6) is 0 Å². The predicted molar refractivity (Wildman–Crippen MR) is 84.6 cm³/mol. The van der Waals surface area contributed by atoms with Crippen molar-refractivity contribution < 1.29 is 19.4 Å². The molecule has 1 aromatic carbocycles. The second kappa shape index (κ2) is 10.1. The zero-order chi connectivity index (χ0) is 16.4. The molecule has 6 heteroatoms. The summed E-state index contributed by atoms with van der Waals surface area (Å²) in [6.07, 6.45) is 1.48. The molecule has 3 N–H and O–H groups in total. The maximum Gasteiger partial charge on any atom is 0.305 e. The number of nitrogens with zero attached hydrogens (tertiary/aromatic N) is 1. The van der Waals surface area contributed by atoms with Gasteiger partial charge in [0.1, 0.15) is 5.82 Å². The molecule has 0 saturated heterocycles. The summed E-state index contributed by atoms with van der Waals surface area (Å²) < 4.78 is 14.1. The summed E-state index contributed by atoms with van der Waals surface area (Å²) in [5.41, 5.74) is 1.38. The third-order valence-electron chi connectivity index (χ3n) is 3.28. The molecule has 1 rings (SSSR count). The largest absolute Gasteiger partial charge is 0.481 e. The molecule has 0 aliphatic rings. The van der Waals surface area contributed by atoms with Crippen LogP contribution in [0.1, 0.15) is 31.7 Å². The first kappa shape index (κ1) is 18.4. The number of aliphatic hydroxyl groups is 1. The van der Waals surface area contributed by atoms with Crippen LogP contribution in [-0.4, -0.2) is 42.4 Å². The quantitative estimate of drug-likeness (QED) is 0.545. The van der Waals surface area contributed by atoms with Crippen LogP contribution in [-0.2, 0) is 11.3 Å². The Labute approximate surface area is 130 Å². The summed E-state index contributed by atoms with van der Waals surface area (Å²) in [5.74, 6) is -1.22. The van der Waals surface area contributed by atoms with E-state index in [1.807, 2.05) is 6.92 Å². The third-order valence-corrected chi connectivity index (χ3v) is 3.28. The molecular weight excluding hydrogens is 287 g/mol. The van der Waals surface area contributed by atoms with E-state index in [-0.39, 0.29) is 18.8 Å². The van der Waals surface area contributed by atoms with Gasteiger partial charge in [0.05, 0.1) is 12.1 Å². The first-order valence-electron chi connectivity index (χ1n) is 7.65. The lowest BCUT2D eigenvalue weighted by Gasteiger charge is -2.24. The molecule has 0 aliphatic carbocycles. The molecule has 124 valence electrons. The Balaban J connectivity index is 2.77. The molecule has 0 aromatic heterocycles. The molecule has 0 heterocycles. The molecule has 0 aliphatic heterocycles. The first-order valence-corrected chi connectivity index (χ1v) is 7.65. The minimum Gasteiger partial charge on any atom is -0.481 e. The molecular formula is C16H25FN2O3. The number of carbonyl (C=O) groups is 1. The molecule has 0 spiro atoms. The van der Waals surface area contributed by atoms with Crippen LogP contribution >= 0.6 is 0 Å². The van der Waals surface area contributed by atoms with Gasteiger partial charge in [0.15, 0.2) is 0 Å². The van der Waals surface area contributed by atoms with E-state index in [1.54, 1.807) is 17.0 Å². The lowest BCUT2D eigenvalue weighted by molar-refractivity contribution is -0.136. The number of aliphatic hydroxyl groups excluding tert-OH is 1. The number of nitrogens with one attached hydrogen (secondary N) is 1. The van der Waals surface area contributed by atoms with Gasteiger partial charge < -0.3 is 20.4 Å². The van der Waals surface area contributed by atoms with Crippen LogP contribution in [0.4, 0.5) is 10.1 Å². The Morgan fingerprint density at radius 1 is 1.36 bits per heavy atom. The minimum atomic E-state index is -0.886. The van der Waals surface area contributed by atoms with Crippen molar-refractivity contribution in [2.45, 2.75) is 32.7 Å². The molecule has 0 saturated carbocycles. The smallest absolute Gasteiger partial charge is 0.305 e. The lowest BCUT2D eigenvalue weighted by Crippen LogP contribution is -2.28. The number of rotatable bonds is 11. The van der Waals surface area contributed by atoms with Gasteiger partial charge in [-0.1, -0.05) is 13.0 Å². The predicted octanol–water partition coefficient (Wildman–Crippen LogP) is 1.99. The Kier molecular flexibility index (Phi) is 8.47. The van der Waals surface area contributed by atoms with Crippen LogP contribution < -0.4 is 10.2 Å². The fourth-order valence-corrected chi connectivity index (χ4v) is 2.20. The van der Waals surface area contributed by atoms with Crippen molar-refractivity contribution in [3.8, 4) is 0 Å². The zero-order valence-corrected chi connectivity index (χ0v) is 13.0. The Hall–Kier alpha value is -1.66. The van der Waals surface area contributed by atoms with Gasteiger partial charge in [-0.25, -0.2) is 4.39 Å². The van der Waals surface area contributed by atoms with Crippen molar-refractivity contribution in [3.05, 3.63) is 29.6 Å². The fourth-order valence-electron chi connectivity index (χ4n) is 2.20. The number of halogens is 1. The van der Waals surface area contributed by atoms with E-state index in [9.17, 15) is 9.18 Å². The highest BCUT2D eigenvalue weighted by atomic mass is 19.1. The second-order valence-electron chi connectivity index (χ2n) is 5.17. The van der Waals surface area contributed by atoms with E-state index in [2.05, 4.69) is 5.32 Å². The van der Waals surface area contributed by atoms with Crippen molar-refractivity contribution in [1.82, 2.24) is 5.32 Å². The highest BCUT2D eigenvalue weighted by Crippen LogP contribution is 2.22. The van der Waals surface area contributed by atoms with Crippen LogP contribution in [0.15, 0.2) is 18.2 Å². The van der Waals surface area contributed by atoms with Crippen LogP contribution in [0.25, 0.3) is 0 Å². The van der Waals surface area contributed by atoms with Crippen molar-refractivity contribution in [2.24, 2.45) is 0 Å². The first-order chi connectivity index (χ1) is 10.6. The minimum absolute atomic E-state index is 0.0155. The van der Waals surface area contributed by atoms with Crippen LogP contribution in [0.2, 0.25) is 0 Å².